The summed E-state index contributed by atoms with van der Waals surface area (Å²) in [6.45, 7) is 1.74. The van der Waals surface area contributed by atoms with Gasteiger partial charge in [-0.05, 0) is 47.0 Å². The van der Waals surface area contributed by atoms with Gasteiger partial charge in [-0.3, -0.25) is 0 Å². The van der Waals surface area contributed by atoms with Crippen molar-refractivity contribution in [2.45, 2.75) is 12.5 Å². The van der Waals surface area contributed by atoms with Crippen LogP contribution in [-0.4, -0.2) is 0 Å². The van der Waals surface area contributed by atoms with Gasteiger partial charge in [0, 0.05) is 6.07 Å². The standard InChI is InChI=1S/C12H11F2NS/c1-12(15,8-2-3-16-7-8)9-4-10(13)6-11(14)5-9/h2-7H,15H2,1H3. The summed E-state index contributed by atoms with van der Waals surface area (Å²) in [7, 11) is 0. The molecule has 1 unspecified atom stereocenters. The van der Waals surface area contributed by atoms with Gasteiger partial charge in [0.05, 0.1) is 5.54 Å². The van der Waals surface area contributed by atoms with E-state index in [-0.39, 0.29) is 0 Å². The van der Waals surface area contributed by atoms with Crippen molar-refractivity contribution in [1.82, 2.24) is 0 Å². The molecule has 16 heavy (non-hydrogen) atoms. The van der Waals surface area contributed by atoms with Crippen LogP contribution in [0.3, 0.4) is 0 Å². The number of hydrogen-bond acceptors (Lipinski definition) is 2. The van der Waals surface area contributed by atoms with E-state index in [4.69, 9.17) is 5.73 Å². The maximum absolute atomic E-state index is 13.1. The molecule has 2 N–H and O–H groups in total. The molecule has 0 bridgehead atoms. The first-order valence-corrected chi connectivity index (χ1v) is 5.72. The lowest BCUT2D eigenvalue weighted by atomic mass is 9.87. The van der Waals surface area contributed by atoms with Crippen molar-refractivity contribution < 1.29 is 8.78 Å². The Balaban J connectivity index is 2.51. The monoisotopic (exact) mass is 239 g/mol. The van der Waals surface area contributed by atoms with Gasteiger partial charge < -0.3 is 5.73 Å². The lowest BCUT2D eigenvalue weighted by Gasteiger charge is -2.24. The van der Waals surface area contributed by atoms with E-state index in [2.05, 4.69) is 0 Å². The highest BCUT2D eigenvalue weighted by Gasteiger charge is 2.25. The molecule has 2 rings (SSSR count). The maximum Gasteiger partial charge on any atom is 0.126 e. The summed E-state index contributed by atoms with van der Waals surface area (Å²) in [4.78, 5) is 0. The van der Waals surface area contributed by atoms with Gasteiger partial charge in [-0.2, -0.15) is 11.3 Å². The fraction of sp³-hybridized carbons (Fsp3) is 0.167. The van der Waals surface area contributed by atoms with Crippen LogP contribution < -0.4 is 5.73 Å². The summed E-state index contributed by atoms with van der Waals surface area (Å²) in [6.07, 6.45) is 0. The SMILES string of the molecule is CC(N)(c1ccsc1)c1cc(F)cc(F)c1. The van der Waals surface area contributed by atoms with Crippen molar-refractivity contribution in [2.75, 3.05) is 0 Å². The molecule has 0 aliphatic carbocycles. The molecule has 0 aliphatic rings. The Hall–Kier alpha value is -1.26. The molecule has 1 heterocycles. The summed E-state index contributed by atoms with van der Waals surface area (Å²) >= 11 is 1.50. The van der Waals surface area contributed by atoms with Crippen LogP contribution in [0.25, 0.3) is 0 Å². The first-order valence-electron chi connectivity index (χ1n) is 4.78. The number of nitrogens with two attached hydrogens (primary N) is 1. The molecular weight excluding hydrogens is 228 g/mol. The molecule has 1 atom stereocenters. The minimum Gasteiger partial charge on any atom is -0.318 e. The van der Waals surface area contributed by atoms with Crippen molar-refractivity contribution in [3.8, 4) is 0 Å². The summed E-state index contributed by atoms with van der Waals surface area (Å²) < 4.78 is 26.2. The zero-order chi connectivity index (χ0) is 11.8. The number of rotatable bonds is 2. The van der Waals surface area contributed by atoms with Crippen molar-refractivity contribution in [2.24, 2.45) is 5.73 Å². The van der Waals surface area contributed by atoms with Gasteiger partial charge >= 0.3 is 0 Å². The predicted molar refractivity (Wildman–Crippen MR) is 61.3 cm³/mol. The minimum absolute atomic E-state index is 0.434. The molecule has 0 amide bonds. The molecule has 0 saturated heterocycles. The van der Waals surface area contributed by atoms with Gasteiger partial charge in [-0.25, -0.2) is 8.78 Å². The van der Waals surface area contributed by atoms with Crippen LogP contribution in [0.1, 0.15) is 18.1 Å². The number of thiophene rings is 1. The van der Waals surface area contributed by atoms with E-state index in [9.17, 15) is 8.78 Å². The molecule has 1 aromatic heterocycles. The fourth-order valence-corrected chi connectivity index (χ4v) is 2.35. The molecule has 4 heteroatoms. The Kier molecular flexibility index (Phi) is 2.78. The van der Waals surface area contributed by atoms with Gasteiger partial charge in [-0.1, -0.05) is 0 Å². The highest BCUT2D eigenvalue weighted by Crippen LogP contribution is 2.29. The fourth-order valence-electron chi connectivity index (χ4n) is 1.58. The van der Waals surface area contributed by atoms with E-state index in [0.717, 1.165) is 11.6 Å². The lowest BCUT2D eigenvalue weighted by molar-refractivity contribution is 0.551. The predicted octanol–water partition coefficient (Wildman–Crippen LogP) is 3.25. The zero-order valence-electron chi connectivity index (χ0n) is 8.71. The zero-order valence-corrected chi connectivity index (χ0v) is 9.52. The van der Waals surface area contributed by atoms with Crippen molar-refractivity contribution in [3.63, 3.8) is 0 Å². The highest BCUT2D eigenvalue weighted by atomic mass is 32.1. The molecule has 0 saturated carbocycles. The number of halogens is 2. The smallest absolute Gasteiger partial charge is 0.126 e. The van der Waals surface area contributed by atoms with E-state index in [0.29, 0.717) is 5.56 Å². The Morgan fingerprint density at radius 3 is 2.25 bits per heavy atom. The van der Waals surface area contributed by atoms with Gasteiger partial charge in [0.25, 0.3) is 0 Å². The Bertz CT molecular complexity index is 471. The third kappa shape index (κ3) is 1.99. The molecule has 0 aliphatic heterocycles. The van der Waals surface area contributed by atoms with Crippen LogP contribution in [0.2, 0.25) is 0 Å². The van der Waals surface area contributed by atoms with E-state index < -0.39 is 17.2 Å². The van der Waals surface area contributed by atoms with Crippen LogP contribution in [0.15, 0.2) is 35.0 Å². The van der Waals surface area contributed by atoms with E-state index in [1.807, 2.05) is 16.8 Å². The molecule has 0 fully saturated rings. The summed E-state index contributed by atoms with van der Waals surface area (Å²) in [5, 5.41) is 3.76. The van der Waals surface area contributed by atoms with E-state index >= 15 is 0 Å². The van der Waals surface area contributed by atoms with Crippen LogP contribution >= 0.6 is 11.3 Å². The second-order valence-electron chi connectivity index (χ2n) is 3.87. The maximum atomic E-state index is 13.1. The van der Waals surface area contributed by atoms with Gasteiger partial charge in [0.1, 0.15) is 11.6 Å². The summed E-state index contributed by atoms with van der Waals surface area (Å²) in [5.74, 6) is -1.22. The van der Waals surface area contributed by atoms with E-state index in [1.54, 1.807) is 6.92 Å². The first-order chi connectivity index (χ1) is 7.50. The van der Waals surface area contributed by atoms with Crippen LogP contribution in [0, 0.1) is 11.6 Å². The Labute approximate surface area is 96.5 Å². The van der Waals surface area contributed by atoms with Crippen LogP contribution in [0.4, 0.5) is 8.78 Å². The third-order valence-electron chi connectivity index (χ3n) is 2.58. The first kappa shape index (κ1) is 11.2. The van der Waals surface area contributed by atoms with Crippen LogP contribution in [-0.2, 0) is 5.54 Å². The topological polar surface area (TPSA) is 26.0 Å². The molecule has 1 aromatic carbocycles. The van der Waals surface area contributed by atoms with Crippen molar-refractivity contribution in [3.05, 3.63) is 57.8 Å². The largest absolute Gasteiger partial charge is 0.318 e. The highest BCUT2D eigenvalue weighted by molar-refractivity contribution is 7.08. The van der Waals surface area contributed by atoms with Crippen molar-refractivity contribution >= 4 is 11.3 Å². The summed E-state index contributed by atoms with van der Waals surface area (Å²) in [6, 6.07) is 5.22. The Morgan fingerprint density at radius 1 is 1.12 bits per heavy atom. The molecule has 0 spiro atoms. The van der Waals surface area contributed by atoms with E-state index in [1.165, 1.54) is 23.5 Å². The summed E-state index contributed by atoms with van der Waals surface area (Å²) in [5.41, 5.74) is 6.53. The van der Waals surface area contributed by atoms with Gasteiger partial charge in [0.15, 0.2) is 0 Å². The lowest BCUT2D eigenvalue weighted by Crippen LogP contribution is -2.34. The molecular formula is C12H11F2NS. The average Bonchev–Trinajstić information content (AvgIpc) is 2.69. The Morgan fingerprint density at radius 2 is 1.75 bits per heavy atom. The molecule has 1 nitrogen and oxygen atoms in total. The van der Waals surface area contributed by atoms with Gasteiger partial charge in [0.2, 0.25) is 0 Å². The second-order valence-corrected chi connectivity index (χ2v) is 4.65. The quantitative estimate of drug-likeness (QED) is 0.855. The molecule has 2 aromatic rings. The normalized spacial score (nSPS) is 14.8. The number of hydrogen-bond donors (Lipinski definition) is 1. The average molecular weight is 239 g/mol. The molecule has 0 radical (unpaired) electrons. The van der Waals surface area contributed by atoms with Gasteiger partial charge in [-0.15, -0.1) is 0 Å². The van der Waals surface area contributed by atoms with Crippen molar-refractivity contribution in [1.29, 1.82) is 0 Å². The second kappa shape index (κ2) is 3.96. The minimum atomic E-state index is -0.872. The third-order valence-corrected chi connectivity index (χ3v) is 3.27. The number of benzene rings is 1. The van der Waals surface area contributed by atoms with Crippen LogP contribution in [0.5, 0.6) is 0 Å². The molecule has 84 valence electrons.